The minimum Gasteiger partial charge on any atom is -0.451 e. The van der Waals surface area contributed by atoms with E-state index in [-0.39, 0.29) is 12.3 Å². The SMILES string of the molecule is Cc1c(C(=O)Nc2ccc(F)c(CNc3cccnc3N)c2)oc2ccc(Br)cc12. The van der Waals surface area contributed by atoms with Gasteiger partial charge in [0.2, 0.25) is 0 Å². The summed E-state index contributed by atoms with van der Waals surface area (Å²) in [6, 6.07) is 13.4. The monoisotopic (exact) mass is 468 g/mol. The Morgan fingerprint density at radius 1 is 1.23 bits per heavy atom. The molecule has 0 saturated carbocycles. The fourth-order valence-corrected chi connectivity index (χ4v) is 3.50. The molecule has 0 aliphatic carbocycles. The van der Waals surface area contributed by atoms with Crippen LogP contribution in [-0.2, 0) is 6.54 Å². The summed E-state index contributed by atoms with van der Waals surface area (Å²) in [5, 5.41) is 6.68. The Kier molecular flexibility index (Phi) is 5.41. The van der Waals surface area contributed by atoms with Crippen molar-refractivity contribution in [1.82, 2.24) is 4.98 Å². The second-order valence-electron chi connectivity index (χ2n) is 6.75. The molecule has 0 bridgehead atoms. The lowest BCUT2D eigenvalue weighted by atomic mass is 10.1. The molecule has 30 heavy (non-hydrogen) atoms. The first-order valence-corrected chi connectivity index (χ1v) is 9.94. The maximum absolute atomic E-state index is 14.3. The average molecular weight is 469 g/mol. The van der Waals surface area contributed by atoms with E-state index in [1.165, 1.54) is 12.1 Å². The number of amides is 1. The van der Waals surface area contributed by atoms with Crippen LogP contribution in [0.1, 0.15) is 21.7 Å². The van der Waals surface area contributed by atoms with Crippen molar-refractivity contribution in [2.75, 3.05) is 16.4 Å². The molecule has 152 valence electrons. The second-order valence-corrected chi connectivity index (χ2v) is 7.66. The topological polar surface area (TPSA) is 93.2 Å². The number of fused-ring (bicyclic) bond motifs is 1. The number of hydrogen-bond donors (Lipinski definition) is 3. The van der Waals surface area contributed by atoms with Crippen LogP contribution in [0.3, 0.4) is 0 Å². The molecule has 0 spiro atoms. The van der Waals surface area contributed by atoms with Gasteiger partial charge in [-0.05, 0) is 55.5 Å². The number of carbonyl (C=O) groups excluding carboxylic acids is 1. The quantitative estimate of drug-likeness (QED) is 0.360. The number of carbonyl (C=O) groups is 1. The number of furan rings is 1. The number of aromatic nitrogens is 1. The van der Waals surface area contributed by atoms with Crippen molar-refractivity contribution in [2.45, 2.75) is 13.5 Å². The number of hydrogen-bond acceptors (Lipinski definition) is 5. The van der Waals surface area contributed by atoms with Gasteiger partial charge in [-0.1, -0.05) is 15.9 Å². The third-order valence-corrected chi connectivity index (χ3v) is 5.21. The van der Waals surface area contributed by atoms with Crippen LogP contribution in [-0.4, -0.2) is 10.9 Å². The van der Waals surface area contributed by atoms with E-state index in [9.17, 15) is 9.18 Å². The predicted octanol–water partition coefficient (Wildman–Crippen LogP) is 5.48. The van der Waals surface area contributed by atoms with Gasteiger partial charge in [0.25, 0.3) is 5.91 Å². The second kappa shape index (κ2) is 8.16. The zero-order valence-corrected chi connectivity index (χ0v) is 17.6. The summed E-state index contributed by atoms with van der Waals surface area (Å²) in [5.41, 5.74) is 8.60. The Labute approximate surface area is 180 Å². The minimum atomic E-state index is -0.401. The fraction of sp³-hybridized carbons (Fsp3) is 0.0909. The number of halogens is 2. The molecule has 1 amide bonds. The van der Waals surface area contributed by atoms with E-state index in [1.807, 2.05) is 19.1 Å². The molecular formula is C22H18BrFN4O2. The molecule has 4 rings (SSSR count). The van der Waals surface area contributed by atoms with Gasteiger partial charge in [-0.15, -0.1) is 0 Å². The maximum atomic E-state index is 14.3. The first-order valence-electron chi connectivity index (χ1n) is 9.15. The molecule has 0 aliphatic rings. The van der Waals surface area contributed by atoms with Gasteiger partial charge in [-0.3, -0.25) is 4.79 Å². The molecule has 0 fully saturated rings. The Balaban J connectivity index is 1.54. The minimum absolute atomic E-state index is 0.184. The number of rotatable bonds is 5. The normalized spacial score (nSPS) is 10.9. The summed E-state index contributed by atoms with van der Waals surface area (Å²) in [5.74, 6) is -0.251. The van der Waals surface area contributed by atoms with E-state index in [2.05, 4.69) is 31.5 Å². The molecule has 0 unspecified atom stereocenters. The molecule has 2 heterocycles. The highest BCUT2D eigenvalue weighted by Crippen LogP contribution is 2.29. The number of nitrogens with two attached hydrogens (primary N) is 1. The first kappa shape index (κ1) is 19.9. The number of benzene rings is 2. The molecule has 0 atom stereocenters. The van der Waals surface area contributed by atoms with Gasteiger partial charge in [-0.2, -0.15) is 0 Å². The fourth-order valence-electron chi connectivity index (χ4n) is 3.14. The molecule has 6 nitrogen and oxygen atoms in total. The van der Waals surface area contributed by atoms with Gasteiger partial charge in [0.1, 0.15) is 17.2 Å². The summed E-state index contributed by atoms with van der Waals surface area (Å²) < 4.78 is 20.9. The average Bonchev–Trinajstić information content (AvgIpc) is 3.05. The highest BCUT2D eigenvalue weighted by atomic mass is 79.9. The van der Waals surface area contributed by atoms with Crippen molar-refractivity contribution in [2.24, 2.45) is 0 Å². The lowest BCUT2D eigenvalue weighted by Crippen LogP contribution is -2.13. The van der Waals surface area contributed by atoms with Crippen molar-refractivity contribution >= 4 is 50.0 Å². The van der Waals surface area contributed by atoms with Crippen LogP contribution in [0.4, 0.5) is 21.6 Å². The molecule has 4 aromatic rings. The van der Waals surface area contributed by atoms with Crippen LogP contribution >= 0.6 is 15.9 Å². The maximum Gasteiger partial charge on any atom is 0.291 e. The lowest BCUT2D eigenvalue weighted by molar-refractivity contribution is 0.0998. The summed E-state index contributed by atoms with van der Waals surface area (Å²) in [7, 11) is 0. The largest absolute Gasteiger partial charge is 0.451 e. The number of nitrogens with zero attached hydrogens (tertiary/aromatic N) is 1. The van der Waals surface area contributed by atoms with E-state index in [0.717, 1.165) is 15.4 Å². The van der Waals surface area contributed by atoms with Gasteiger partial charge in [0, 0.05) is 39.4 Å². The van der Waals surface area contributed by atoms with Crippen molar-refractivity contribution in [3.8, 4) is 0 Å². The molecule has 0 radical (unpaired) electrons. The van der Waals surface area contributed by atoms with E-state index in [1.54, 1.807) is 30.5 Å². The highest BCUT2D eigenvalue weighted by Gasteiger charge is 2.18. The number of pyridine rings is 1. The molecule has 4 N–H and O–H groups in total. The molecular weight excluding hydrogens is 451 g/mol. The third kappa shape index (κ3) is 3.99. The number of aryl methyl sites for hydroxylation is 1. The molecule has 0 saturated heterocycles. The van der Waals surface area contributed by atoms with Crippen LogP contribution in [0.5, 0.6) is 0 Å². The predicted molar refractivity (Wildman–Crippen MR) is 119 cm³/mol. The lowest BCUT2D eigenvalue weighted by Gasteiger charge is -2.11. The molecule has 0 aliphatic heterocycles. The number of anilines is 3. The van der Waals surface area contributed by atoms with E-state index < -0.39 is 11.7 Å². The van der Waals surface area contributed by atoms with E-state index in [4.69, 9.17) is 10.2 Å². The van der Waals surface area contributed by atoms with Crippen molar-refractivity contribution in [3.05, 3.63) is 81.9 Å². The standard InChI is InChI=1S/C22H18BrFN4O2/c1-12-16-10-14(23)4-7-19(16)30-20(12)22(29)28-15-5-6-17(24)13(9-15)11-27-18-3-2-8-26-21(18)25/h2-10,27H,11H2,1H3,(H2,25,26)(H,28,29). The Hall–Kier alpha value is -3.39. The van der Waals surface area contributed by atoms with Crippen LogP contribution in [0.25, 0.3) is 11.0 Å². The summed E-state index contributed by atoms with van der Waals surface area (Å²) in [6.07, 6.45) is 1.58. The number of nitrogens with one attached hydrogen (secondary N) is 2. The Bertz CT molecular complexity index is 1260. The number of nitrogen functional groups attached to an aromatic ring is 1. The Morgan fingerprint density at radius 2 is 2.07 bits per heavy atom. The molecule has 2 aromatic heterocycles. The van der Waals surface area contributed by atoms with Crippen LogP contribution in [0, 0.1) is 12.7 Å². The van der Waals surface area contributed by atoms with Crippen LogP contribution in [0.2, 0.25) is 0 Å². The Morgan fingerprint density at radius 3 is 2.87 bits per heavy atom. The van der Waals surface area contributed by atoms with Crippen LogP contribution in [0.15, 0.2) is 63.6 Å². The molecule has 8 heteroatoms. The summed E-state index contributed by atoms with van der Waals surface area (Å²) >= 11 is 3.42. The zero-order valence-electron chi connectivity index (χ0n) is 16.0. The summed E-state index contributed by atoms with van der Waals surface area (Å²) in [6.45, 7) is 2.01. The summed E-state index contributed by atoms with van der Waals surface area (Å²) in [4.78, 5) is 16.7. The van der Waals surface area contributed by atoms with Crippen LogP contribution < -0.4 is 16.4 Å². The van der Waals surface area contributed by atoms with E-state index >= 15 is 0 Å². The van der Waals surface area contributed by atoms with Gasteiger partial charge in [0.15, 0.2) is 5.76 Å². The van der Waals surface area contributed by atoms with Gasteiger partial charge < -0.3 is 20.8 Å². The van der Waals surface area contributed by atoms with Crippen molar-refractivity contribution in [1.29, 1.82) is 0 Å². The smallest absolute Gasteiger partial charge is 0.291 e. The van der Waals surface area contributed by atoms with Crippen molar-refractivity contribution < 1.29 is 13.6 Å². The van der Waals surface area contributed by atoms with Gasteiger partial charge in [-0.25, -0.2) is 9.37 Å². The van der Waals surface area contributed by atoms with E-state index in [0.29, 0.717) is 28.3 Å². The molecule has 2 aromatic carbocycles. The first-order chi connectivity index (χ1) is 14.4. The van der Waals surface area contributed by atoms with Gasteiger partial charge >= 0.3 is 0 Å². The highest BCUT2D eigenvalue weighted by molar-refractivity contribution is 9.10. The van der Waals surface area contributed by atoms with Gasteiger partial charge in [0.05, 0.1) is 5.69 Å². The third-order valence-electron chi connectivity index (χ3n) is 4.72. The zero-order chi connectivity index (χ0) is 21.3. The van der Waals surface area contributed by atoms with Crippen molar-refractivity contribution in [3.63, 3.8) is 0 Å².